The van der Waals surface area contributed by atoms with Gasteiger partial charge in [-0.1, -0.05) is 48.5 Å². The largest absolute Gasteiger partial charge is 0.446 e. The minimum atomic E-state index is -0.392. The molecule has 192 valence electrons. The molecule has 35 heavy (non-hydrogen) atoms. The van der Waals surface area contributed by atoms with Gasteiger partial charge in [0, 0.05) is 25.2 Å². The van der Waals surface area contributed by atoms with Crippen molar-refractivity contribution in [2.45, 2.75) is 25.9 Å². The maximum absolute atomic E-state index is 12.6. The number of carbonyl (C=O) groups is 1. The second kappa shape index (κ2) is 14.2. The first-order valence-electron chi connectivity index (χ1n) is 12.8. The summed E-state index contributed by atoms with van der Waals surface area (Å²) in [4.78, 5) is 14.9. The number of benzene rings is 2. The average molecular weight is 485 g/mol. The SMILES string of the molecule is CC[N+](C)(C)CCOCCOCCN1CCC(OC(=O)Nc2ccccc2-c2ccccc2)CC1. The topological polar surface area (TPSA) is 60.0 Å². The summed E-state index contributed by atoms with van der Waals surface area (Å²) in [5.41, 5.74) is 2.80. The van der Waals surface area contributed by atoms with Crippen LogP contribution in [0.3, 0.4) is 0 Å². The van der Waals surface area contributed by atoms with Crippen molar-refractivity contribution in [3.63, 3.8) is 0 Å². The molecule has 0 unspecified atom stereocenters. The number of hydrogen-bond acceptors (Lipinski definition) is 5. The number of rotatable bonds is 13. The quantitative estimate of drug-likeness (QED) is 0.335. The first-order valence-corrected chi connectivity index (χ1v) is 12.8. The molecule has 3 rings (SSSR count). The van der Waals surface area contributed by atoms with Crippen LogP contribution in [0.15, 0.2) is 54.6 Å². The Balaban J connectivity index is 1.28. The van der Waals surface area contributed by atoms with Crippen molar-refractivity contribution in [2.24, 2.45) is 0 Å². The molecule has 0 atom stereocenters. The minimum absolute atomic E-state index is 0.0600. The molecule has 0 spiro atoms. The highest BCUT2D eigenvalue weighted by Crippen LogP contribution is 2.28. The fraction of sp³-hybridized carbons (Fsp3) is 0.536. The van der Waals surface area contributed by atoms with E-state index in [1.807, 2.05) is 54.6 Å². The number of nitrogens with one attached hydrogen (secondary N) is 1. The standard InChI is InChI=1S/C28H41N3O4/c1-4-31(2,3)19-21-34-23-22-33-20-18-30-16-14-25(15-17-30)35-28(32)29-27-13-9-8-12-26(27)24-10-6-5-7-11-24/h5-13,25H,4,14-23H2,1-3H3/p+1. The molecule has 1 fully saturated rings. The summed E-state index contributed by atoms with van der Waals surface area (Å²) in [6.07, 6.45) is 1.22. The normalized spacial score (nSPS) is 15.2. The Morgan fingerprint density at radius 3 is 2.31 bits per heavy atom. The molecule has 1 aliphatic heterocycles. The maximum Gasteiger partial charge on any atom is 0.411 e. The van der Waals surface area contributed by atoms with Crippen LogP contribution >= 0.6 is 0 Å². The highest BCUT2D eigenvalue weighted by atomic mass is 16.6. The number of quaternary nitrogens is 1. The molecule has 0 aromatic heterocycles. The van der Waals surface area contributed by atoms with E-state index in [4.69, 9.17) is 14.2 Å². The number of amides is 1. The number of anilines is 1. The molecule has 7 nitrogen and oxygen atoms in total. The summed E-state index contributed by atoms with van der Waals surface area (Å²) < 4.78 is 18.1. The van der Waals surface area contributed by atoms with E-state index < -0.39 is 6.09 Å². The molecular weight excluding hydrogens is 442 g/mol. The Kier molecular flexibility index (Phi) is 11.0. The van der Waals surface area contributed by atoms with E-state index in [1.54, 1.807) is 0 Å². The lowest BCUT2D eigenvalue weighted by atomic mass is 10.0. The number of para-hydroxylation sites is 1. The van der Waals surface area contributed by atoms with Crippen LogP contribution in [0.25, 0.3) is 11.1 Å². The van der Waals surface area contributed by atoms with Gasteiger partial charge in [0.2, 0.25) is 0 Å². The molecule has 1 saturated heterocycles. The van der Waals surface area contributed by atoms with Crippen molar-refractivity contribution in [3.05, 3.63) is 54.6 Å². The van der Waals surface area contributed by atoms with E-state index >= 15 is 0 Å². The van der Waals surface area contributed by atoms with E-state index in [0.717, 1.165) is 73.5 Å². The van der Waals surface area contributed by atoms with Gasteiger partial charge in [0.15, 0.2) is 0 Å². The average Bonchev–Trinajstić information content (AvgIpc) is 2.87. The number of nitrogens with zero attached hydrogens (tertiary/aromatic N) is 2. The van der Waals surface area contributed by atoms with Crippen LogP contribution in [0, 0.1) is 0 Å². The second-order valence-corrected chi connectivity index (χ2v) is 9.68. The fourth-order valence-corrected chi connectivity index (χ4v) is 3.99. The first-order chi connectivity index (χ1) is 17.0. The molecule has 0 saturated carbocycles. The van der Waals surface area contributed by atoms with Crippen LogP contribution in [-0.2, 0) is 14.2 Å². The van der Waals surface area contributed by atoms with Gasteiger partial charge in [0.1, 0.15) is 12.6 Å². The maximum atomic E-state index is 12.6. The summed E-state index contributed by atoms with van der Waals surface area (Å²) in [7, 11) is 4.43. The summed E-state index contributed by atoms with van der Waals surface area (Å²) in [6.45, 7) is 9.75. The Labute approximate surface area is 210 Å². The first kappa shape index (κ1) is 27.1. The van der Waals surface area contributed by atoms with Crippen molar-refractivity contribution < 1.29 is 23.5 Å². The molecule has 1 amide bonds. The summed E-state index contributed by atoms with van der Waals surface area (Å²) in [5.74, 6) is 0. The number of likely N-dealkylation sites (N-methyl/N-ethyl adjacent to an activating group) is 1. The van der Waals surface area contributed by atoms with E-state index in [1.165, 1.54) is 0 Å². The number of hydrogen-bond donors (Lipinski definition) is 1. The molecule has 0 radical (unpaired) electrons. The summed E-state index contributed by atoms with van der Waals surface area (Å²) in [6, 6.07) is 17.8. The monoisotopic (exact) mass is 484 g/mol. The molecule has 1 aliphatic rings. The Morgan fingerprint density at radius 2 is 1.60 bits per heavy atom. The number of ether oxygens (including phenoxy) is 3. The van der Waals surface area contributed by atoms with Gasteiger partial charge in [-0.3, -0.25) is 5.32 Å². The number of piperidine rings is 1. The predicted molar refractivity (Wildman–Crippen MR) is 141 cm³/mol. The van der Waals surface area contributed by atoms with Crippen molar-refractivity contribution in [2.75, 3.05) is 78.6 Å². The highest BCUT2D eigenvalue weighted by Gasteiger charge is 2.22. The molecule has 1 heterocycles. The van der Waals surface area contributed by atoms with Gasteiger partial charge in [-0.05, 0) is 31.4 Å². The lowest BCUT2D eigenvalue weighted by molar-refractivity contribution is -0.888. The van der Waals surface area contributed by atoms with Gasteiger partial charge in [-0.25, -0.2) is 4.79 Å². The lowest BCUT2D eigenvalue weighted by Crippen LogP contribution is -2.42. The van der Waals surface area contributed by atoms with E-state index in [9.17, 15) is 4.79 Å². The zero-order chi connectivity index (χ0) is 24.9. The second-order valence-electron chi connectivity index (χ2n) is 9.68. The molecule has 2 aromatic rings. The Bertz CT molecular complexity index is 883. The summed E-state index contributed by atoms with van der Waals surface area (Å²) in [5, 5.41) is 2.93. The van der Waals surface area contributed by atoms with E-state index in [2.05, 4.69) is 31.2 Å². The lowest BCUT2D eigenvalue weighted by Gasteiger charge is -2.31. The Hall–Kier alpha value is -2.45. The molecule has 0 bridgehead atoms. The van der Waals surface area contributed by atoms with Crippen LogP contribution in [0.2, 0.25) is 0 Å². The van der Waals surface area contributed by atoms with E-state index in [0.29, 0.717) is 19.8 Å². The Morgan fingerprint density at radius 1 is 0.943 bits per heavy atom. The van der Waals surface area contributed by atoms with Crippen molar-refractivity contribution >= 4 is 11.8 Å². The number of likely N-dealkylation sites (tertiary alicyclic amines) is 1. The van der Waals surface area contributed by atoms with Crippen LogP contribution in [-0.4, -0.2) is 94.8 Å². The molecule has 2 aromatic carbocycles. The van der Waals surface area contributed by atoms with Gasteiger partial charge in [-0.15, -0.1) is 0 Å². The third-order valence-corrected chi connectivity index (χ3v) is 6.68. The predicted octanol–water partition coefficient (Wildman–Crippen LogP) is 4.50. The minimum Gasteiger partial charge on any atom is -0.446 e. The van der Waals surface area contributed by atoms with Crippen LogP contribution < -0.4 is 5.32 Å². The molecular formula is C28H42N3O4+. The van der Waals surface area contributed by atoms with Crippen molar-refractivity contribution in [3.8, 4) is 11.1 Å². The smallest absolute Gasteiger partial charge is 0.411 e. The third-order valence-electron chi connectivity index (χ3n) is 6.68. The van der Waals surface area contributed by atoms with Crippen molar-refractivity contribution in [1.29, 1.82) is 0 Å². The van der Waals surface area contributed by atoms with Crippen molar-refractivity contribution in [1.82, 2.24) is 4.90 Å². The zero-order valence-electron chi connectivity index (χ0n) is 21.6. The van der Waals surface area contributed by atoms with Gasteiger partial charge in [-0.2, -0.15) is 0 Å². The molecule has 7 heteroatoms. The van der Waals surface area contributed by atoms with Gasteiger partial charge in [0.25, 0.3) is 0 Å². The zero-order valence-corrected chi connectivity index (χ0v) is 21.6. The third kappa shape index (κ3) is 9.61. The van der Waals surface area contributed by atoms with Gasteiger partial charge in [0.05, 0.1) is 52.8 Å². The highest BCUT2D eigenvalue weighted by molar-refractivity contribution is 5.91. The van der Waals surface area contributed by atoms with Crippen LogP contribution in [0.1, 0.15) is 19.8 Å². The van der Waals surface area contributed by atoms with Crippen LogP contribution in [0.4, 0.5) is 10.5 Å². The van der Waals surface area contributed by atoms with Gasteiger partial charge < -0.3 is 23.6 Å². The number of carbonyl (C=O) groups excluding carboxylic acids is 1. The summed E-state index contributed by atoms with van der Waals surface area (Å²) >= 11 is 0. The molecule has 1 N–H and O–H groups in total. The van der Waals surface area contributed by atoms with E-state index in [-0.39, 0.29) is 6.10 Å². The molecule has 0 aliphatic carbocycles. The van der Waals surface area contributed by atoms with Crippen LogP contribution in [0.5, 0.6) is 0 Å². The van der Waals surface area contributed by atoms with Gasteiger partial charge >= 0.3 is 6.09 Å². The fourth-order valence-electron chi connectivity index (χ4n) is 3.99.